The van der Waals surface area contributed by atoms with Gasteiger partial charge in [-0.1, -0.05) is 31.2 Å². The first kappa shape index (κ1) is 24.5. The third-order valence-electron chi connectivity index (χ3n) is 4.20. The molecule has 8 nitrogen and oxygen atoms in total. The maximum absolute atomic E-state index is 12.6. The van der Waals surface area contributed by atoms with Gasteiger partial charge in [-0.3, -0.25) is 0 Å². The molecule has 2 N–H and O–H groups in total. The summed E-state index contributed by atoms with van der Waals surface area (Å²) in [4.78, 5) is -0.0266. The Bertz CT molecular complexity index is 1190. The van der Waals surface area contributed by atoms with E-state index >= 15 is 0 Å². The smallest absolute Gasteiger partial charge is 0.224 e. The largest absolute Gasteiger partial charge is 0.240 e. The van der Waals surface area contributed by atoms with Crippen LogP contribution in [0.1, 0.15) is 31.9 Å². The summed E-state index contributed by atoms with van der Waals surface area (Å²) in [6, 6.07) is 11.4. The molecule has 2 rings (SSSR count). The van der Waals surface area contributed by atoms with Gasteiger partial charge >= 0.3 is 0 Å². The first-order chi connectivity index (χ1) is 13.9. The van der Waals surface area contributed by atoms with Gasteiger partial charge < -0.3 is 0 Å². The summed E-state index contributed by atoms with van der Waals surface area (Å²) in [6.45, 7) is 4.84. The van der Waals surface area contributed by atoms with E-state index in [2.05, 4.69) is 9.44 Å². The van der Waals surface area contributed by atoms with E-state index in [4.69, 9.17) is 0 Å². The lowest BCUT2D eigenvalue weighted by atomic mass is 10.1. The first-order valence-electron chi connectivity index (χ1n) is 9.25. The average Bonchev–Trinajstić information content (AvgIpc) is 2.66. The number of sulfonamides is 2. The van der Waals surface area contributed by atoms with Gasteiger partial charge in [0.05, 0.1) is 21.3 Å². The number of hydrogen-bond acceptors (Lipinski definition) is 6. The maximum Gasteiger partial charge on any atom is 0.240 e. The van der Waals surface area contributed by atoms with Crippen LogP contribution in [0.4, 0.5) is 0 Å². The van der Waals surface area contributed by atoms with Gasteiger partial charge in [0.1, 0.15) is 0 Å². The zero-order valence-electron chi connectivity index (χ0n) is 17.0. The van der Waals surface area contributed by atoms with Crippen molar-refractivity contribution in [2.75, 3.05) is 5.75 Å². The Morgan fingerprint density at radius 2 is 1.33 bits per heavy atom. The van der Waals surface area contributed by atoms with Crippen molar-refractivity contribution < 1.29 is 25.3 Å². The second-order valence-electron chi connectivity index (χ2n) is 7.00. The Kier molecular flexibility index (Phi) is 7.80. The van der Waals surface area contributed by atoms with E-state index in [1.54, 1.807) is 38.1 Å². The van der Waals surface area contributed by atoms with Crippen molar-refractivity contribution in [1.82, 2.24) is 9.44 Å². The molecular weight excluding hydrogens is 448 g/mol. The molecule has 30 heavy (non-hydrogen) atoms. The molecular formula is C19H26N2O6S3. The van der Waals surface area contributed by atoms with Gasteiger partial charge in [0.15, 0.2) is 9.84 Å². The van der Waals surface area contributed by atoms with Crippen molar-refractivity contribution in [3.8, 4) is 0 Å². The van der Waals surface area contributed by atoms with Crippen molar-refractivity contribution in [3.05, 3.63) is 59.7 Å². The van der Waals surface area contributed by atoms with E-state index in [0.717, 1.165) is 0 Å². The van der Waals surface area contributed by atoms with Gasteiger partial charge in [-0.05, 0) is 49.2 Å². The summed E-state index contributed by atoms with van der Waals surface area (Å²) in [5.74, 6) is -0.352. The van der Waals surface area contributed by atoms with E-state index < -0.39 is 29.9 Å². The number of hydrogen-bond donors (Lipinski definition) is 2. The fraction of sp³-hybridized carbons (Fsp3) is 0.368. The molecule has 0 aliphatic heterocycles. The van der Waals surface area contributed by atoms with Crippen LogP contribution >= 0.6 is 0 Å². The van der Waals surface area contributed by atoms with Crippen LogP contribution in [-0.4, -0.2) is 37.0 Å². The molecule has 0 atom stereocenters. The van der Waals surface area contributed by atoms with Gasteiger partial charge in [0.25, 0.3) is 0 Å². The highest BCUT2D eigenvalue weighted by molar-refractivity contribution is 7.91. The molecule has 0 fully saturated rings. The first-order valence-corrected chi connectivity index (χ1v) is 14.0. The number of sulfone groups is 1. The van der Waals surface area contributed by atoms with Crippen LogP contribution in [0.15, 0.2) is 58.3 Å². The standard InChI is InChI=1S/C19H26N2O6S3/c1-4-28(22,23)18-9-11-19(12-10-18)30(26,27)20-13-16-7-5-6-8-17(16)14-29(24,25)21-15(2)3/h5-12,15,20-21H,4,13-14H2,1-3H3. The third kappa shape index (κ3) is 6.61. The second kappa shape index (κ2) is 9.56. The molecule has 0 bridgehead atoms. The van der Waals surface area contributed by atoms with Gasteiger partial charge in [-0.25, -0.2) is 34.7 Å². The van der Waals surface area contributed by atoms with Crippen molar-refractivity contribution >= 4 is 29.9 Å². The average molecular weight is 475 g/mol. The van der Waals surface area contributed by atoms with Crippen LogP contribution in [0.3, 0.4) is 0 Å². The second-order valence-corrected chi connectivity index (χ2v) is 12.8. The van der Waals surface area contributed by atoms with Crippen molar-refractivity contribution in [2.24, 2.45) is 0 Å². The van der Waals surface area contributed by atoms with Crippen molar-refractivity contribution in [2.45, 2.75) is 48.9 Å². The van der Waals surface area contributed by atoms with Crippen LogP contribution in [0.2, 0.25) is 0 Å². The zero-order chi connectivity index (χ0) is 22.6. The molecule has 2 aromatic carbocycles. The quantitative estimate of drug-likeness (QED) is 0.541. The number of rotatable bonds is 10. The Morgan fingerprint density at radius 1 is 0.800 bits per heavy atom. The molecule has 0 aliphatic rings. The Labute approximate surface area is 178 Å². The zero-order valence-corrected chi connectivity index (χ0v) is 19.4. The molecule has 0 saturated carbocycles. The molecule has 2 aromatic rings. The van der Waals surface area contributed by atoms with E-state index in [1.165, 1.54) is 31.2 Å². The summed E-state index contributed by atoms with van der Waals surface area (Å²) in [7, 11) is -10.9. The van der Waals surface area contributed by atoms with Crippen LogP contribution in [0.25, 0.3) is 0 Å². The van der Waals surface area contributed by atoms with Crippen LogP contribution in [0.5, 0.6) is 0 Å². The molecule has 0 amide bonds. The molecule has 0 aromatic heterocycles. The molecule has 0 unspecified atom stereocenters. The molecule has 11 heteroatoms. The monoisotopic (exact) mass is 474 g/mol. The van der Waals surface area contributed by atoms with Crippen molar-refractivity contribution in [3.63, 3.8) is 0 Å². The minimum absolute atomic E-state index is 0.0529. The SMILES string of the molecule is CCS(=O)(=O)c1ccc(S(=O)(=O)NCc2ccccc2CS(=O)(=O)NC(C)C)cc1. The highest BCUT2D eigenvalue weighted by Crippen LogP contribution is 2.17. The molecule has 0 spiro atoms. The number of nitrogens with one attached hydrogen (secondary N) is 2. The predicted octanol–water partition coefficient (Wildman–Crippen LogP) is 1.79. The summed E-state index contributed by atoms with van der Waals surface area (Å²) in [5.41, 5.74) is 1.01. The fourth-order valence-corrected chi connectivity index (χ4v) is 6.11. The molecule has 166 valence electrons. The molecule has 0 heterocycles. The van der Waals surface area contributed by atoms with E-state index in [0.29, 0.717) is 11.1 Å². The normalized spacial score (nSPS) is 12.9. The molecule has 0 saturated heterocycles. The lowest BCUT2D eigenvalue weighted by Crippen LogP contribution is -2.32. The van der Waals surface area contributed by atoms with E-state index in [9.17, 15) is 25.3 Å². The number of benzene rings is 2. The Balaban J connectivity index is 2.19. The van der Waals surface area contributed by atoms with Crippen LogP contribution in [-0.2, 0) is 42.2 Å². The third-order valence-corrected chi connectivity index (χ3v) is 8.89. The van der Waals surface area contributed by atoms with Gasteiger partial charge in [-0.15, -0.1) is 0 Å². The predicted molar refractivity (Wildman–Crippen MR) is 116 cm³/mol. The summed E-state index contributed by atoms with van der Waals surface area (Å²) < 4.78 is 78.3. The summed E-state index contributed by atoms with van der Waals surface area (Å²) in [6.07, 6.45) is 0. The lowest BCUT2D eigenvalue weighted by molar-refractivity contribution is 0.568. The molecule has 0 aliphatic carbocycles. The highest BCUT2D eigenvalue weighted by atomic mass is 32.2. The van der Waals surface area contributed by atoms with Gasteiger partial charge in [0, 0.05) is 12.6 Å². The maximum atomic E-state index is 12.6. The minimum Gasteiger partial charge on any atom is -0.224 e. The lowest BCUT2D eigenvalue weighted by Gasteiger charge is -2.13. The topological polar surface area (TPSA) is 126 Å². The van der Waals surface area contributed by atoms with Crippen molar-refractivity contribution in [1.29, 1.82) is 0 Å². The van der Waals surface area contributed by atoms with E-state index in [-0.39, 0.29) is 33.9 Å². The summed E-state index contributed by atoms with van der Waals surface area (Å²) >= 11 is 0. The van der Waals surface area contributed by atoms with Crippen LogP contribution in [0, 0.1) is 0 Å². The van der Waals surface area contributed by atoms with E-state index in [1.807, 2.05) is 0 Å². The Morgan fingerprint density at radius 3 is 1.87 bits per heavy atom. The van der Waals surface area contributed by atoms with Crippen LogP contribution < -0.4 is 9.44 Å². The highest BCUT2D eigenvalue weighted by Gasteiger charge is 2.19. The van der Waals surface area contributed by atoms with Gasteiger partial charge in [-0.2, -0.15) is 0 Å². The fourth-order valence-electron chi connectivity index (χ4n) is 2.73. The Hall–Kier alpha value is -1.79. The minimum atomic E-state index is -3.92. The summed E-state index contributed by atoms with van der Waals surface area (Å²) in [5, 5.41) is 0. The van der Waals surface area contributed by atoms with Gasteiger partial charge in [0.2, 0.25) is 20.0 Å². The molecule has 0 radical (unpaired) electrons.